The molecule has 0 aromatic heterocycles. The summed E-state index contributed by atoms with van der Waals surface area (Å²) in [5, 5.41) is 3.17. The molecule has 5 nitrogen and oxygen atoms in total. The Kier molecular flexibility index (Phi) is 4.57. The minimum absolute atomic E-state index is 0.0459. The SMILES string of the molecule is CCC(=O)c1cccc(S(=O)(=O)N2CCNCC2C)c1. The largest absolute Gasteiger partial charge is 0.314 e. The van der Waals surface area contributed by atoms with Crippen molar-refractivity contribution >= 4 is 15.8 Å². The highest BCUT2D eigenvalue weighted by atomic mass is 32.2. The van der Waals surface area contributed by atoms with Gasteiger partial charge in [-0.1, -0.05) is 19.1 Å². The molecule has 20 heavy (non-hydrogen) atoms. The van der Waals surface area contributed by atoms with E-state index < -0.39 is 10.0 Å². The van der Waals surface area contributed by atoms with Crippen molar-refractivity contribution in [2.45, 2.75) is 31.2 Å². The van der Waals surface area contributed by atoms with E-state index in [2.05, 4.69) is 5.32 Å². The average Bonchev–Trinajstić information content (AvgIpc) is 2.47. The Morgan fingerprint density at radius 2 is 2.20 bits per heavy atom. The van der Waals surface area contributed by atoms with Crippen LogP contribution in [0, 0.1) is 0 Å². The first kappa shape index (κ1) is 15.2. The fourth-order valence-electron chi connectivity index (χ4n) is 2.35. The molecular weight excluding hydrogens is 276 g/mol. The Bertz CT molecular complexity index is 598. The third kappa shape index (κ3) is 2.92. The van der Waals surface area contributed by atoms with E-state index in [1.54, 1.807) is 25.1 Å². The number of Topliss-reactive ketones (excluding diaryl/α,β-unsaturated/α-hetero) is 1. The fraction of sp³-hybridized carbons (Fsp3) is 0.500. The number of ketones is 1. The van der Waals surface area contributed by atoms with E-state index in [9.17, 15) is 13.2 Å². The van der Waals surface area contributed by atoms with E-state index in [1.165, 1.54) is 10.4 Å². The maximum atomic E-state index is 12.6. The van der Waals surface area contributed by atoms with Crippen LogP contribution in [0.4, 0.5) is 0 Å². The molecule has 1 fully saturated rings. The lowest BCUT2D eigenvalue weighted by atomic mass is 10.1. The number of nitrogens with one attached hydrogen (secondary N) is 1. The lowest BCUT2D eigenvalue weighted by Gasteiger charge is -2.32. The smallest absolute Gasteiger partial charge is 0.243 e. The third-order valence-electron chi connectivity index (χ3n) is 3.52. The first-order valence-corrected chi connectivity index (χ1v) is 8.26. The molecule has 2 rings (SSSR count). The van der Waals surface area contributed by atoms with Gasteiger partial charge in [0.25, 0.3) is 0 Å². The Morgan fingerprint density at radius 1 is 1.45 bits per heavy atom. The van der Waals surface area contributed by atoms with E-state index in [1.807, 2.05) is 6.92 Å². The second kappa shape index (κ2) is 6.03. The van der Waals surface area contributed by atoms with Crippen LogP contribution in [0.5, 0.6) is 0 Å². The molecule has 1 saturated heterocycles. The molecule has 1 heterocycles. The normalized spacial score (nSPS) is 20.8. The molecule has 0 aliphatic carbocycles. The van der Waals surface area contributed by atoms with Crippen LogP contribution >= 0.6 is 0 Å². The van der Waals surface area contributed by atoms with Gasteiger partial charge in [-0.05, 0) is 19.1 Å². The van der Waals surface area contributed by atoms with Crippen molar-refractivity contribution < 1.29 is 13.2 Å². The second-order valence-electron chi connectivity index (χ2n) is 4.97. The topological polar surface area (TPSA) is 66.5 Å². The van der Waals surface area contributed by atoms with Crippen molar-refractivity contribution in [2.24, 2.45) is 0 Å². The Morgan fingerprint density at radius 3 is 2.85 bits per heavy atom. The van der Waals surface area contributed by atoms with Crippen LogP contribution in [0.25, 0.3) is 0 Å². The molecule has 1 aliphatic heterocycles. The molecule has 0 amide bonds. The van der Waals surface area contributed by atoms with Gasteiger partial charge >= 0.3 is 0 Å². The van der Waals surface area contributed by atoms with Gasteiger partial charge in [0.15, 0.2) is 5.78 Å². The molecule has 0 spiro atoms. The monoisotopic (exact) mass is 296 g/mol. The van der Waals surface area contributed by atoms with Crippen LogP contribution in [0.15, 0.2) is 29.2 Å². The van der Waals surface area contributed by atoms with Crippen molar-refractivity contribution in [3.05, 3.63) is 29.8 Å². The molecule has 1 N–H and O–H groups in total. The van der Waals surface area contributed by atoms with Gasteiger partial charge in [-0.25, -0.2) is 8.42 Å². The summed E-state index contributed by atoms with van der Waals surface area (Å²) in [7, 11) is -3.53. The fourth-order valence-corrected chi connectivity index (χ4v) is 4.03. The van der Waals surface area contributed by atoms with Crippen molar-refractivity contribution in [1.29, 1.82) is 0 Å². The summed E-state index contributed by atoms with van der Waals surface area (Å²) in [6, 6.07) is 6.24. The quantitative estimate of drug-likeness (QED) is 0.850. The molecule has 1 aromatic carbocycles. The van der Waals surface area contributed by atoms with Gasteiger partial charge in [0.05, 0.1) is 4.90 Å². The molecule has 1 unspecified atom stereocenters. The van der Waals surface area contributed by atoms with Gasteiger partial charge in [0.2, 0.25) is 10.0 Å². The lowest BCUT2D eigenvalue weighted by Crippen LogP contribution is -2.52. The van der Waals surface area contributed by atoms with Crippen molar-refractivity contribution in [1.82, 2.24) is 9.62 Å². The summed E-state index contributed by atoms with van der Waals surface area (Å²) < 4.78 is 26.8. The molecule has 110 valence electrons. The van der Waals surface area contributed by atoms with E-state index in [0.29, 0.717) is 31.6 Å². The summed E-state index contributed by atoms with van der Waals surface area (Å²) in [6.45, 7) is 5.39. The molecule has 1 atom stereocenters. The Labute approximate surface area is 120 Å². The van der Waals surface area contributed by atoms with Crippen LogP contribution < -0.4 is 5.32 Å². The molecule has 6 heteroatoms. The van der Waals surface area contributed by atoms with Crippen LogP contribution in [0.3, 0.4) is 0 Å². The first-order chi connectivity index (χ1) is 9.46. The van der Waals surface area contributed by atoms with Crippen LogP contribution in [-0.4, -0.2) is 44.2 Å². The lowest BCUT2D eigenvalue weighted by molar-refractivity contribution is 0.0988. The van der Waals surface area contributed by atoms with Crippen LogP contribution in [0.2, 0.25) is 0 Å². The minimum Gasteiger partial charge on any atom is -0.314 e. The summed E-state index contributed by atoms with van der Waals surface area (Å²) in [5.74, 6) is -0.0459. The molecule has 1 aliphatic rings. The third-order valence-corrected chi connectivity index (χ3v) is 5.53. The summed E-state index contributed by atoms with van der Waals surface area (Å²) in [5.41, 5.74) is 0.455. The number of sulfonamides is 1. The minimum atomic E-state index is -3.53. The standard InChI is InChI=1S/C14H20N2O3S/c1-3-14(17)12-5-4-6-13(9-12)20(18,19)16-8-7-15-10-11(16)2/h4-6,9,11,15H,3,7-8,10H2,1-2H3. The molecular formula is C14H20N2O3S. The number of hydrogen-bond donors (Lipinski definition) is 1. The molecule has 1 aromatic rings. The highest BCUT2D eigenvalue weighted by Crippen LogP contribution is 2.20. The summed E-state index contributed by atoms with van der Waals surface area (Å²) >= 11 is 0. The molecule has 0 saturated carbocycles. The van der Waals surface area contributed by atoms with Gasteiger partial charge < -0.3 is 5.32 Å². The van der Waals surface area contributed by atoms with Crippen molar-refractivity contribution in [3.8, 4) is 0 Å². The number of carbonyl (C=O) groups is 1. The molecule has 0 bridgehead atoms. The zero-order valence-corrected chi connectivity index (χ0v) is 12.6. The second-order valence-corrected chi connectivity index (χ2v) is 6.86. The number of benzene rings is 1. The maximum Gasteiger partial charge on any atom is 0.243 e. The number of rotatable bonds is 4. The molecule has 0 radical (unpaired) electrons. The van der Waals surface area contributed by atoms with Crippen LogP contribution in [-0.2, 0) is 10.0 Å². The highest BCUT2D eigenvalue weighted by molar-refractivity contribution is 7.89. The van der Waals surface area contributed by atoms with Gasteiger partial charge in [-0.2, -0.15) is 4.31 Å². The Hall–Kier alpha value is -1.24. The van der Waals surface area contributed by atoms with Crippen molar-refractivity contribution in [3.63, 3.8) is 0 Å². The zero-order chi connectivity index (χ0) is 14.8. The number of piperazine rings is 1. The van der Waals surface area contributed by atoms with Gasteiger partial charge in [0.1, 0.15) is 0 Å². The number of nitrogens with zero attached hydrogens (tertiary/aromatic N) is 1. The predicted molar refractivity (Wildman–Crippen MR) is 77.3 cm³/mol. The van der Waals surface area contributed by atoms with E-state index in [4.69, 9.17) is 0 Å². The van der Waals surface area contributed by atoms with E-state index >= 15 is 0 Å². The average molecular weight is 296 g/mol. The van der Waals surface area contributed by atoms with Gasteiger partial charge in [0, 0.05) is 37.7 Å². The van der Waals surface area contributed by atoms with E-state index in [-0.39, 0.29) is 16.7 Å². The van der Waals surface area contributed by atoms with Gasteiger partial charge in [-0.3, -0.25) is 4.79 Å². The summed E-state index contributed by atoms with van der Waals surface area (Å²) in [6.07, 6.45) is 0.369. The predicted octanol–water partition coefficient (Wildman–Crippen LogP) is 1.26. The van der Waals surface area contributed by atoms with E-state index in [0.717, 1.165) is 0 Å². The first-order valence-electron chi connectivity index (χ1n) is 6.82. The Balaban J connectivity index is 2.36. The number of carbonyl (C=O) groups excluding carboxylic acids is 1. The maximum absolute atomic E-state index is 12.6. The van der Waals surface area contributed by atoms with Crippen molar-refractivity contribution in [2.75, 3.05) is 19.6 Å². The number of hydrogen-bond acceptors (Lipinski definition) is 4. The zero-order valence-electron chi connectivity index (χ0n) is 11.8. The highest BCUT2D eigenvalue weighted by Gasteiger charge is 2.31. The van der Waals surface area contributed by atoms with Gasteiger partial charge in [-0.15, -0.1) is 0 Å². The summed E-state index contributed by atoms with van der Waals surface area (Å²) in [4.78, 5) is 11.9. The van der Waals surface area contributed by atoms with Crippen LogP contribution in [0.1, 0.15) is 30.6 Å².